The Morgan fingerprint density at radius 1 is 1.00 bits per heavy atom. The van der Waals surface area contributed by atoms with E-state index in [4.69, 9.17) is 9.47 Å². The molecule has 0 spiro atoms. The molecule has 0 fully saturated rings. The zero-order chi connectivity index (χ0) is 15.1. The highest BCUT2D eigenvalue weighted by Gasteiger charge is 2.11. The van der Waals surface area contributed by atoms with Crippen molar-refractivity contribution in [2.45, 2.75) is 13.5 Å². The number of nitrogens with one attached hydrogen (secondary N) is 2. The minimum absolute atomic E-state index is 0.586. The van der Waals surface area contributed by atoms with Crippen molar-refractivity contribution in [3.63, 3.8) is 0 Å². The van der Waals surface area contributed by atoms with Crippen LogP contribution < -0.4 is 20.1 Å². The molecule has 6 heteroatoms. The van der Waals surface area contributed by atoms with Gasteiger partial charge in [0, 0.05) is 18.7 Å². The molecule has 0 aliphatic carbocycles. The van der Waals surface area contributed by atoms with Crippen LogP contribution in [0, 0.1) is 0 Å². The summed E-state index contributed by atoms with van der Waals surface area (Å²) in [5.74, 6) is 2.77. The molecule has 0 aliphatic heterocycles. The molecule has 0 saturated heterocycles. The second-order valence-electron chi connectivity index (χ2n) is 4.30. The van der Waals surface area contributed by atoms with E-state index in [1.165, 1.54) is 6.33 Å². The lowest BCUT2D eigenvalue weighted by atomic mass is 10.2. The van der Waals surface area contributed by atoms with E-state index in [0.717, 1.165) is 17.9 Å². The van der Waals surface area contributed by atoms with E-state index >= 15 is 0 Å². The van der Waals surface area contributed by atoms with E-state index in [0.29, 0.717) is 23.9 Å². The first-order valence-electron chi connectivity index (χ1n) is 6.78. The van der Waals surface area contributed by atoms with Crippen molar-refractivity contribution in [2.75, 3.05) is 31.4 Å². The summed E-state index contributed by atoms with van der Waals surface area (Å²) in [6.07, 6.45) is 1.51. The van der Waals surface area contributed by atoms with Gasteiger partial charge in [0.05, 0.1) is 14.2 Å². The van der Waals surface area contributed by atoms with Crippen LogP contribution in [-0.4, -0.2) is 30.7 Å². The molecule has 1 aromatic carbocycles. The summed E-state index contributed by atoms with van der Waals surface area (Å²) in [6.45, 7) is 3.35. The molecule has 0 atom stereocenters. The van der Waals surface area contributed by atoms with Gasteiger partial charge in [-0.3, -0.25) is 0 Å². The van der Waals surface area contributed by atoms with Gasteiger partial charge in [-0.15, -0.1) is 0 Å². The van der Waals surface area contributed by atoms with Gasteiger partial charge in [0.15, 0.2) is 11.6 Å². The second kappa shape index (κ2) is 7.33. The number of rotatable bonds is 7. The summed E-state index contributed by atoms with van der Waals surface area (Å²) in [5, 5.41) is 6.41. The van der Waals surface area contributed by atoms with Crippen molar-refractivity contribution in [3.8, 4) is 11.5 Å². The average Bonchev–Trinajstić information content (AvgIpc) is 2.53. The van der Waals surface area contributed by atoms with Crippen LogP contribution in [0.3, 0.4) is 0 Å². The van der Waals surface area contributed by atoms with Gasteiger partial charge in [0.1, 0.15) is 12.1 Å². The van der Waals surface area contributed by atoms with Crippen LogP contribution in [0.2, 0.25) is 0 Å². The van der Waals surface area contributed by atoms with Gasteiger partial charge < -0.3 is 20.1 Å². The minimum atomic E-state index is 0.586. The van der Waals surface area contributed by atoms with E-state index < -0.39 is 0 Å². The molecular weight excluding hydrogens is 268 g/mol. The maximum atomic E-state index is 5.39. The van der Waals surface area contributed by atoms with Gasteiger partial charge in [0.25, 0.3) is 0 Å². The Morgan fingerprint density at radius 2 is 1.71 bits per heavy atom. The predicted octanol–water partition coefficient (Wildman–Crippen LogP) is 2.54. The van der Waals surface area contributed by atoms with E-state index in [1.54, 1.807) is 14.2 Å². The third-order valence-electron chi connectivity index (χ3n) is 2.99. The zero-order valence-corrected chi connectivity index (χ0v) is 12.5. The number of ether oxygens (including phenoxy) is 2. The van der Waals surface area contributed by atoms with Crippen LogP contribution in [0.4, 0.5) is 11.6 Å². The van der Waals surface area contributed by atoms with Crippen molar-refractivity contribution in [3.05, 3.63) is 36.2 Å². The average molecular weight is 288 g/mol. The summed E-state index contributed by atoms with van der Waals surface area (Å²) in [5.41, 5.74) is 1.05. The SMILES string of the molecule is CCNc1ncnc(NCc2ccccc2OC)c1OC. The van der Waals surface area contributed by atoms with Crippen molar-refractivity contribution in [2.24, 2.45) is 0 Å². The molecule has 0 bridgehead atoms. The molecule has 0 radical (unpaired) electrons. The van der Waals surface area contributed by atoms with E-state index in [1.807, 2.05) is 31.2 Å². The molecule has 1 aromatic heterocycles. The van der Waals surface area contributed by atoms with Crippen molar-refractivity contribution >= 4 is 11.6 Å². The van der Waals surface area contributed by atoms with Gasteiger partial charge in [-0.05, 0) is 13.0 Å². The standard InChI is InChI=1S/C15H20N4O2/c1-4-16-14-13(21-3)15(19-10-18-14)17-9-11-7-5-6-8-12(11)20-2/h5-8,10H,4,9H2,1-3H3,(H2,16,17,18,19). The second-order valence-corrected chi connectivity index (χ2v) is 4.30. The van der Waals surface area contributed by atoms with E-state index in [9.17, 15) is 0 Å². The van der Waals surface area contributed by atoms with Gasteiger partial charge >= 0.3 is 0 Å². The smallest absolute Gasteiger partial charge is 0.204 e. The number of hydrogen-bond donors (Lipinski definition) is 2. The first kappa shape index (κ1) is 14.9. The van der Waals surface area contributed by atoms with Crippen LogP contribution in [0.25, 0.3) is 0 Å². The Balaban J connectivity index is 2.18. The quantitative estimate of drug-likeness (QED) is 0.816. The monoisotopic (exact) mass is 288 g/mol. The number of aromatic nitrogens is 2. The van der Waals surface area contributed by atoms with Crippen LogP contribution in [0.1, 0.15) is 12.5 Å². The summed E-state index contributed by atoms with van der Waals surface area (Å²) in [7, 11) is 3.27. The maximum absolute atomic E-state index is 5.39. The highest BCUT2D eigenvalue weighted by molar-refractivity contribution is 5.63. The van der Waals surface area contributed by atoms with Crippen molar-refractivity contribution in [1.82, 2.24) is 9.97 Å². The zero-order valence-electron chi connectivity index (χ0n) is 12.5. The lowest BCUT2D eigenvalue weighted by Crippen LogP contribution is -2.08. The number of hydrogen-bond acceptors (Lipinski definition) is 6. The number of benzene rings is 1. The van der Waals surface area contributed by atoms with Gasteiger partial charge in [-0.2, -0.15) is 0 Å². The van der Waals surface area contributed by atoms with E-state index in [-0.39, 0.29) is 0 Å². The fourth-order valence-electron chi connectivity index (χ4n) is 2.01. The lowest BCUT2D eigenvalue weighted by Gasteiger charge is -2.14. The van der Waals surface area contributed by atoms with Gasteiger partial charge in [0.2, 0.25) is 5.75 Å². The number of nitrogens with zero attached hydrogens (tertiary/aromatic N) is 2. The maximum Gasteiger partial charge on any atom is 0.204 e. The Kier molecular flexibility index (Phi) is 5.20. The summed E-state index contributed by atoms with van der Waals surface area (Å²) >= 11 is 0. The molecule has 112 valence electrons. The largest absolute Gasteiger partial charge is 0.496 e. The highest BCUT2D eigenvalue weighted by Crippen LogP contribution is 2.29. The predicted molar refractivity (Wildman–Crippen MR) is 83.1 cm³/mol. The highest BCUT2D eigenvalue weighted by atomic mass is 16.5. The molecule has 0 amide bonds. The van der Waals surface area contributed by atoms with Crippen molar-refractivity contribution < 1.29 is 9.47 Å². The molecule has 0 aliphatic rings. The number of para-hydroxylation sites is 1. The minimum Gasteiger partial charge on any atom is -0.496 e. The Morgan fingerprint density at radius 3 is 2.38 bits per heavy atom. The molecule has 2 N–H and O–H groups in total. The Labute approximate surface area is 124 Å². The van der Waals surface area contributed by atoms with Crippen LogP contribution in [0.5, 0.6) is 11.5 Å². The van der Waals surface area contributed by atoms with Gasteiger partial charge in [-0.1, -0.05) is 18.2 Å². The normalized spacial score (nSPS) is 10.0. The first-order valence-corrected chi connectivity index (χ1v) is 6.78. The van der Waals surface area contributed by atoms with Crippen molar-refractivity contribution in [1.29, 1.82) is 0 Å². The Hall–Kier alpha value is -2.50. The third-order valence-corrected chi connectivity index (χ3v) is 2.99. The van der Waals surface area contributed by atoms with E-state index in [2.05, 4.69) is 20.6 Å². The molecule has 2 aromatic rings. The van der Waals surface area contributed by atoms with Crippen LogP contribution in [0.15, 0.2) is 30.6 Å². The Bertz CT molecular complexity index is 590. The first-order chi connectivity index (χ1) is 10.3. The molecule has 2 rings (SSSR count). The fourth-order valence-corrected chi connectivity index (χ4v) is 2.01. The summed E-state index contributed by atoms with van der Waals surface area (Å²) in [6, 6.07) is 7.85. The molecule has 0 unspecified atom stereocenters. The molecule has 21 heavy (non-hydrogen) atoms. The topological polar surface area (TPSA) is 68.3 Å². The van der Waals surface area contributed by atoms with Crippen LogP contribution >= 0.6 is 0 Å². The van der Waals surface area contributed by atoms with Gasteiger partial charge in [-0.25, -0.2) is 9.97 Å². The molecule has 0 saturated carbocycles. The third kappa shape index (κ3) is 3.53. The number of methoxy groups -OCH3 is 2. The molecular formula is C15H20N4O2. The fraction of sp³-hybridized carbons (Fsp3) is 0.333. The molecule has 6 nitrogen and oxygen atoms in total. The molecule has 1 heterocycles. The lowest BCUT2D eigenvalue weighted by molar-refractivity contribution is 0.409. The van der Waals surface area contributed by atoms with Crippen LogP contribution in [-0.2, 0) is 6.54 Å². The summed E-state index contributed by atoms with van der Waals surface area (Å²) in [4.78, 5) is 8.41. The number of anilines is 2. The summed E-state index contributed by atoms with van der Waals surface area (Å²) < 4.78 is 10.7.